The van der Waals surface area contributed by atoms with Crippen LogP contribution in [0.5, 0.6) is 0 Å². The number of nitrogens with zero attached hydrogens (tertiary/aromatic N) is 3. The van der Waals surface area contributed by atoms with E-state index in [0.717, 1.165) is 11.3 Å². The van der Waals surface area contributed by atoms with Crippen LogP contribution in [-0.2, 0) is 36.1 Å². The van der Waals surface area contributed by atoms with Crippen molar-refractivity contribution < 1.29 is 26.4 Å². The average Bonchev–Trinajstić information content (AvgIpc) is 3.32. The third-order valence-corrected chi connectivity index (χ3v) is 9.44. The molecule has 0 radical (unpaired) electrons. The molecule has 2 aromatic carbocycles. The zero-order valence-electron chi connectivity index (χ0n) is 19.0. The number of sulfone groups is 1. The first-order chi connectivity index (χ1) is 16.7. The minimum Gasteiger partial charge on any atom is -0.379 e. The molecule has 12 heteroatoms. The van der Waals surface area contributed by atoms with Gasteiger partial charge >= 0.3 is 0 Å². The molecule has 0 unspecified atom stereocenters. The number of para-hydroxylation sites is 1. The standard InChI is InChI=1S/C23H24N4O6S2/c1-16-4-2-3-5-21(16)27-22(19-14-34(29,30)15-20(19)25-27)24-23(28)17-6-8-18(9-7-17)35(31,32)26-10-12-33-13-11-26/h2-9H,10-15H2,1H3,(H,24,28). The van der Waals surface area contributed by atoms with Gasteiger partial charge in [-0.3, -0.25) is 4.79 Å². The van der Waals surface area contributed by atoms with Crippen molar-refractivity contribution in [1.82, 2.24) is 14.1 Å². The largest absolute Gasteiger partial charge is 0.379 e. The Morgan fingerprint density at radius 3 is 2.40 bits per heavy atom. The van der Waals surface area contributed by atoms with E-state index in [1.165, 1.54) is 28.6 Å². The van der Waals surface area contributed by atoms with Crippen molar-refractivity contribution in [2.24, 2.45) is 0 Å². The van der Waals surface area contributed by atoms with Gasteiger partial charge in [0.2, 0.25) is 10.0 Å². The molecular weight excluding hydrogens is 492 g/mol. The minimum atomic E-state index is -3.68. The fourth-order valence-electron chi connectivity index (χ4n) is 4.24. The molecule has 2 aliphatic heterocycles. The fraction of sp³-hybridized carbons (Fsp3) is 0.304. The van der Waals surface area contributed by atoms with E-state index in [1.54, 1.807) is 4.68 Å². The summed E-state index contributed by atoms with van der Waals surface area (Å²) in [7, 11) is -7.02. The number of anilines is 1. The van der Waals surface area contributed by atoms with Crippen molar-refractivity contribution in [1.29, 1.82) is 0 Å². The molecule has 0 atom stereocenters. The van der Waals surface area contributed by atoms with E-state index in [1.807, 2.05) is 31.2 Å². The lowest BCUT2D eigenvalue weighted by Crippen LogP contribution is -2.40. The van der Waals surface area contributed by atoms with E-state index in [-0.39, 0.29) is 35.1 Å². The number of aromatic nitrogens is 2. The van der Waals surface area contributed by atoms with Crippen LogP contribution in [0.15, 0.2) is 53.4 Å². The second-order valence-electron chi connectivity index (χ2n) is 8.50. The van der Waals surface area contributed by atoms with Crippen LogP contribution in [-0.4, -0.2) is 63.1 Å². The summed E-state index contributed by atoms with van der Waals surface area (Å²) in [6.45, 7) is 3.14. The number of hydrogen-bond donors (Lipinski definition) is 1. The molecule has 0 spiro atoms. The van der Waals surface area contributed by atoms with Crippen LogP contribution in [0.25, 0.3) is 5.69 Å². The van der Waals surface area contributed by atoms with E-state index >= 15 is 0 Å². The molecule has 1 amide bonds. The van der Waals surface area contributed by atoms with Crippen LogP contribution in [0, 0.1) is 6.92 Å². The van der Waals surface area contributed by atoms with Gasteiger partial charge in [0.1, 0.15) is 5.82 Å². The summed E-state index contributed by atoms with van der Waals surface area (Å²) in [6, 6.07) is 13.1. The number of sulfonamides is 1. The highest BCUT2D eigenvalue weighted by Crippen LogP contribution is 2.34. The molecular formula is C23H24N4O6S2. The van der Waals surface area contributed by atoms with E-state index in [2.05, 4.69) is 10.4 Å². The molecule has 10 nitrogen and oxygen atoms in total. The number of ether oxygens (including phenoxy) is 1. The molecule has 184 valence electrons. The Labute approximate surface area is 203 Å². The van der Waals surface area contributed by atoms with Crippen LogP contribution in [0.1, 0.15) is 27.2 Å². The lowest BCUT2D eigenvalue weighted by molar-refractivity contribution is 0.0730. The molecule has 3 aromatic rings. The summed E-state index contributed by atoms with van der Waals surface area (Å²) in [6.07, 6.45) is 0. The zero-order valence-corrected chi connectivity index (χ0v) is 20.6. The van der Waals surface area contributed by atoms with Crippen molar-refractivity contribution in [3.05, 3.63) is 70.9 Å². The summed E-state index contributed by atoms with van der Waals surface area (Å²) in [5, 5.41) is 7.30. The fourth-order valence-corrected chi connectivity index (χ4v) is 7.14. The Morgan fingerprint density at radius 2 is 1.71 bits per heavy atom. The number of carbonyl (C=O) groups excluding carboxylic acids is 1. The SMILES string of the molecule is Cc1ccccc1-n1nc2c(c1NC(=O)c1ccc(S(=O)(=O)N3CCOCC3)cc1)CS(=O)(=O)C2. The predicted octanol–water partition coefficient (Wildman–Crippen LogP) is 1.88. The van der Waals surface area contributed by atoms with Crippen molar-refractivity contribution in [2.45, 2.75) is 23.3 Å². The number of rotatable bonds is 5. The molecule has 1 saturated heterocycles. The zero-order chi connectivity index (χ0) is 24.8. The Balaban J connectivity index is 1.45. The summed E-state index contributed by atoms with van der Waals surface area (Å²) >= 11 is 0. The van der Waals surface area contributed by atoms with Crippen molar-refractivity contribution in [2.75, 3.05) is 31.6 Å². The van der Waals surface area contributed by atoms with E-state index in [0.29, 0.717) is 30.3 Å². The first-order valence-electron chi connectivity index (χ1n) is 11.0. The summed E-state index contributed by atoms with van der Waals surface area (Å²) in [4.78, 5) is 13.2. The third-order valence-electron chi connectivity index (χ3n) is 6.09. The maximum Gasteiger partial charge on any atom is 0.256 e. The van der Waals surface area contributed by atoms with E-state index in [4.69, 9.17) is 4.74 Å². The topological polar surface area (TPSA) is 128 Å². The Morgan fingerprint density at radius 1 is 1.03 bits per heavy atom. The van der Waals surface area contributed by atoms with Crippen molar-refractivity contribution in [3.63, 3.8) is 0 Å². The number of benzene rings is 2. The van der Waals surface area contributed by atoms with Crippen LogP contribution in [0.4, 0.5) is 5.82 Å². The van der Waals surface area contributed by atoms with Gasteiger partial charge in [0, 0.05) is 24.2 Å². The number of morpholine rings is 1. The van der Waals surface area contributed by atoms with Gasteiger partial charge in [-0.2, -0.15) is 9.40 Å². The lowest BCUT2D eigenvalue weighted by Gasteiger charge is -2.26. The van der Waals surface area contributed by atoms with E-state index < -0.39 is 25.8 Å². The maximum atomic E-state index is 13.1. The van der Waals surface area contributed by atoms with Gasteiger partial charge in [-0.1, -0.05) is 18.2 Å². The van der Waals surface area contributed by atoms with Crippen molar-refractivity contribution >= 4 is 31.6 Å². The molecule has 5 rings (SSSR count). The number of fused-ring (bicyclic) bond motifs is 1. The van der Waals surface area contributed by atoms with Crippen LogP contribution in [0.2, 0.25) is 0 Å². The molecule has 0 bridgehead atoms. The highest BCUT2D eigenvalue weighted by atomic mass is 32.2. The lowest BCUT2D eigenvalue weighted by atomic mass is 10.2. The molecule has 2 aliphatic rings. The maximum absolute atomic E-state index is 13.1. The Kier molecular flexibility index (Phi) is 5.99. The van der Waals surface area contributed by atoms with Gasteiger partial charge in [-0.15, -0.1) is 0 Å². The minimum absolute atomic E-state index is 0.0906. The summed E-state index contributed by atoms with van der Waals surface area (Å²) < 4.78 is 58.2. The number of hydrogen-bond acceptors (Lipinski definition) is 7. The van der Waals surface area contributed by atoms with Crippen LogP contribution < -0.4 is 5.32 Å². The molecule has 1 aromatic heterocycles. The second-order valence-corrected chi connectivity index (χ2v) is 12.5. The molecule has 0 aliphatic carbocycles. The predicted molar refractivity (Wildman–Crippen MR) is 129 cm³/mol. The Bertz CT molecular complexity index is 1510. The highest BCUT2D eigenvalue weighted by molar-refractivity contribution is 7.90. The summed E-state index contributed by atoms with van der Waals surface area (Å²) in [5.41, 5.74) is 2.74. The van der Waals surface area contributed by atoms with Gasteiger partial charge in [0.25, 0.3) is 5.91 Å². The van der Waals surface area contributed by atoms with Gasteiger partial charge in [0.05, 0.1) is 41.0 Å². The summed E-state index contributed by atoms with van der Waals surface area (Å²) in [5.74, 6) is -0.591. The van der Waals surface area contributed by atoms with Gasteiger partial charge < -0.3 is 10.1 Å². The number of carbonyl (C=O) groups is 1. The van der Waals surface area contributed by atoms with Crippen molar-refractivity contribution in [3.8, 4) is 5.69 Å². The number of amides is 1. The van der Waals surface area contributed by atoms with Crippen LogP contribution in [0.3, 0.4) is 0 Å². The number of aryl methyl sites for hydroxylation is 1. The Hall–Kier alpha value is -3.06. The van der Waals surface area contributed by atoms with E-state index in [9.17, 15) is 21.6 Å². The first kappa shape index (κ1) is 23.7. The third kappa shape index (κ3) is 4.49. The van der Waals surface area contributed by atoms with Crippen LogP contribution >= 0.6 is 0 Å². The molecule has 3 heterocycles. The van der Waals surface area contributed by atoms with Gasteiger partial charge in [-0.05, 0) is 42.8 Å². The highest BCUT2D eigenvalue weighted by Gasteiger charge is 2.33. The molecule has 1 N–H and O–H groups in total. The quantitative estimate of drug-likeness (QED) is 0.548. The normalized spacial score (nSPS) is 17.7. The first-order valence-corrected chi connectivity index (χ1v) is 14.3. The number of nitrogens with one attached hydrogen (secondary N) is 1. The molecule has 35 heavy (non-hydrogen) atoms. The monoisotopic (exact) mass is 516 g/mol. The van der Waals surface area contributed by atoms with Gasteiger partial charge in [0.15, 0.2) is 9.84 Å². The molecule has 1 fully saturated rings. The van der Waals surface area contributed by atoms with Gasteiger partial charge in [-0.25, -0.2) is 21.5 Å². The average molecular weight is 517 g/mol. The second kappa shape index (κ2) is 8.86. The smallest absolute Gasteiger partial charge is 0.256 e. The molecule has 0 saturated carbocycles.